The van der Waals surface area contributed by atoms with E-state index < -0.39 is 0 Å². The first-order chi connectivity index (χ1) is 8.38. The highest BCUT2D eigenvalue weighted by atomic mass is 16.5. The lowest BCUT2D eigenvalue weighted by Gasteiger charge is -2.22. The largest absolute Gasteiger partial charge is 0.496 e. The second-order valence-corrected chi connectivity index (χ2v) is 4.67. The van der Waals surface area contributed by atoms with Gasteiger partial charge in [-0.3, -0.25) is 4.79 Å². The average molecular weight is 250 g/mol. The van der Waals surface area contributed by atoms with E-state index in [-0.39, 0.29) is 11.9 Å². The quantitative estimate of drug-likeness (QED) is 0.889. The van der Waals surface area contributed by atoms with Crippen LogP contribution >= 0.6 is 0 Å². The zero-order chi connectivity index (χ0) is 13.9. The molecule has 0 aliphatic carbocycles. The molecule has 0 aliphatic heterocycles. The van der Waals surface area contributed by atoms with Crippen molar-refractivity contribution in [3.05, 3.63) is 23.3 Å². The van der Waals surface area contributed by atoms with E-state index in [1.807, 2.05) is 32.9 Å². The topological polar surface area (TPSA) is 55.6 Å². The predicted molar refractivity (Wildman–Crippen MR) is 74.1 cm³/mol. The predicted octanol–water partition coefficient (Wildman–Crippen LogP) is 2.01. The minimum atomic E-state index is -0.125. The van der Waals surface area contributed by atoms with Crippen molar-refractivity contribution in [2.75, 3.05) is 19.1 Å². The summed E-state index contributed by atoms with van der Waals surface area (Å²) in [6, 6.07) is 3.66. The van der Waals surface area contributed by atoms with Crippen molar-refractivity contribution in [2.45, 2.75) is 33.2 Å². The minimum Gasteiger partial charge on any atom is -0.496 e. The van der Waals surface area contributed by atoms with Gasteiger partial charge in [0.15, 0.2) is 0 Å². The molecule has 1 amide bonds. The molecular formula is C14H22N2O2. The lowest BCUT2D eigenvalue weighted by Crippen LogP contribution is -2.32. The number of rotatable bonds is 4. The molecular weight excluding hydrogens is 228 g/mol. The molecule has 0 saturated heterocycles. The van der Waals surface area contributed by atoms with Crippen LogP contribution in [0.25, 0.3) is 0 Å². The number of nitrogens with two attached hydrogens (primary N) is 1. The molecule has 1 rings (SSSR count). The number of hydrogen-bond donors (Lipinski definition) is 1. The van der Waals surface area contributed by atoms with Gasteiger partial charge < -0.3 is 15.4 Å². The summed E-state index contributed by atoms with van der Waals surface area (Å²) in [4.78, 5) is 13.6. The fraction of sp³-hybridized carbons (Fsp3) is 0.500. The first-order valence-electron chi connectivity index (χ1n) is 6.04. The van der Waals surface area contributed by atoms with Crippen molar-refractivity contribution >= 4 is 11.6 Å². The van der Waals surface area contributed by atoms with Crippen molar-refractivity contribution in [1.82, 2.24) is 0 Å². The zero-order valence-electron chi connectivity index (χ0n) is 11.8. The third-order valence-electron chi connectivity index (χ3n) is 3.16. The van der Waals surface area contributed by atoms with E-state index in [2.05, 4.69) is 0 Å². The van der Waals surface area contributed by atoms with Crippen molar-refractivity contribution in [3.63, 3.8) is 0 Å². The number of amides is 1. The third kappa shape index (κ3) is 3.01. The fourth-order valence-electron chi connectivity index (χ4n) is 1.91. The minimum absolute atomic E-state index is 0.0256. The van der Waals surface area contributed by atoms with E-state index in [1.54, 1.807) is 19.1 Å². The molecule has 1 aromatic carbocycles. The Morgan fingerprint density at radius 2 is 2.00 bits per heavy atom. The molecule has 100 valence electrons. The maximum Gasteiger partial charge on any atom is 0.228 e. The fourth-order valence-corrected chi connectivity index (χ4v) is 1.91. The summed E-state index contributed by atoms with van der Waals surface area (Å²) >= 11 is 0. The first-order valence-corrected chi connectivity index (χ1v) is 6.04. The molecule has 1 atom stereocenters. The molecule has 0 bridgehead atoms. The first kappa shape index (κ1) is 14.5. The summed E-state index contributed by atoms with van der Waals surface area (Å²) in [6.45, 7) is 5.81. The Morgan fingerprint density at radius 1 is 1.39 bits per heavy atom. The Labute approximate surface area is 109 Å². The average Bonchev–Trinajstić information content (AvgIpc) is 2.31. The van der Waals surface area contributed by atoms with Crippen LogP contribution in [0.1, 0.15) is 24.5 Å². The molecule has 0 fully saturated rings. The van der Waals surface area contributed by atoms with E-state index in [1.165, 1.54) is 0 Å². The summed E-state index contributed by atoms with van der Waals surface area (Å²) in [6.07, 6.45) is 0.348. The number of nitrogens with zero attached hydrogens (tertiary/aromatic N) is 1. The van der Waals surface area contributed by atoms with Gasteiger partial charge in [0.05, 0.1) is 7.11 Å². The summed E-state index contributed by atoms with van der Waals surface area (Å²) in [5.41, 5.74) is 8.66. The number of hydrogen-bond acceptors (Lipinski definition) is 3. The number of anilines is 1. The molecule has 1 aromatic rings. The van der Waals surface area contributed by atoms with Gasteiger partial charge in [0.1, 0.15) is 5.75 Å². The van der Waals surface area contributed by atoms with Crippen LogP contribution < -0.4 is 15.4 Å². The molecule has 0 spiro atoms. The van der Waals surface area contributed by atoms with Crippen LogP contribution in [0.3, 0.4) is 0 Å². The highest BCUT2D eigenvalue weighted by molar-refractivity contribution is 5.94. The van der Waals surface area contributed by atoms with Crippen LogP contribution in [-0.2, 0) is 4.79 Å². The summed E-state index contributed by atoms with van der Waals surface area (Å²) in [5, 5.41) is 0. The number of methoxy groups -OCH3 is 1. The van der Waals surface area contributed by atoms with E-state index in [0.29, 0.717) is 6.42 Å². The molecule has 2 N–H and O–H groups in total. The molecule has 0 aliphatic rings. The van der Waals surface area contributed by atoms with Crippen molar-refractivity contribution in [1.29, 1.82) is 0 Å². The van der Waals surface area contributed by atoms with Crippen LogP contribution in [0.4, 0.5) is 5.69 Å². The van der Waals surface area contributed by atoms with Crippen molar-refractivity contribution < 1.29 is 9.53 Å². The van der Waals surface area contributed by atoms with Gasteiger partial charge in [-0.25, -0.2) is 0 Å². The van der Waals surface area contributed by atoms with Crippen LogP contribution in [0.15, 0.2) is 12.1 Å². The molecule has 4 heteroatoms. The second kappa shape index (κ2) is 5.87. The molecule has 0 aromatic heterocycles. The van der Waals surface area contributed by atoms with Crippen LogP contribution in [0.2, 0.25) is 0 Å². The van der Waals surface area contributed by atoms with Gasteiger partial charge in [-0.15, -0.1) is 0 Å². The maximum absolute atomic E-state index is 12.0. The molecule has 4 nitrogen and oxygen atoms in total. The van der Waals surface area contributed by atoms with E-state index in [4.69, 9.17) is 10.5 Å². The third-order valence-corrected chi connectivity index (χ3v) is 3.16. The Balaban J connectivity index is 3.03. The van der Waals surface area contributed by atoms with Crippen LogP contribution in [-0.4, -0.2) is 26.1 Å². The van der Waals surface area contributed by atoms with E-state index in [0.717, 1.165) is 22.6 Å². The van der Waals surface area contributed by atoms with Gasteiger partial charge in [-0.1, -0.05) is 0 Å². The summed E-state index contributed by atoms with van der Waals surface area (Å²) < 4.78 is 5.26. The molecule has 1 unspecified atom stereocenters. The zero-order valence-corrected chi connectivity index (χ0v) is 11.8. The Kier molecular flexibility index (Phi) is 4.73. The second-order valence-electron chi connectivity index (χ2n) is 4.67. The van der Waals surface area contributed by atoms with Gasteiger partial charge in [-0.2, -0.15) is 0 Å². The van der Waals surface area contributed by atoms with E-state index in [9.17, 15) is 4.79 Å². The molecule has 0 radical (unpaired) electrons. The van der Waals surface area contributed by atoms with Gasteiger partial charge >= 0.3 is 0 Å². The highest BCUT2D eigenvalue weighted by Gasteiger charge is 2.16. The molecule has 0 saturated carbocycles. The standard InChI is InChI=1S/C14H22N2O2/c1-9(15)8-14(17)16(4)12-6-7-13(18-5)11(3)10(12)2/h6-7,9H,8,15H2,1-5H3. The Bertz CT molecular complexity index is 442. The van der Waals surface area contributed by atoms with Gasteiger partial charge in [0, 0.05) is 25.2 Å². The molecule has 0 heterocycles. The normalized spacial score (nSPS) is 12.1. The van der Waals surface area contributed by atoms with Gasteiger partial charge in [0.25, 0.3) is 0 Å². The smallest absolute Gasteiger partial charge is 0.228 e. The number of ether oxygens (including phenoxy) is 1. The summed E-state index contributed by atoms with van der Waals surface area (Å²) in [7, 11) is 3.42. The maximum atomic E-state index is 12.0. The van der Waals surface area contributed by atoms with Gasteiger partial charge in [0.2, 0.25) is 5.91 Å². The van der Waals surface area contributed by atoms with Crippen LogP contribution in [0.5, 0.6) is 5.75 Å². The number of benzene rings is 1. The highest BCUT2D eigenvalue weighted by Crippen LogP contribution is 2.29. The lowest BCUT2D eigenvalue weighted by atomic mass is 10.1. The van der Waals surface area contributed by atoms with Crippen molar-refractivity contribution in [2.24, 2.45) is 5.73 Å². The van der Waals surface area contributed by atoms with Crippen LogP contribution in [0, 0.1) is 13.8 Å². The SMILES string of the molecule is COc1ccc(N(C)C(=O)CC(C)N)c(C)c1C. The lowest BCUT2D eigenvalue weighted by molar-refractivity contribution is -0.118. The van der Waals surface area contributed by atoms with Crippen molar-refractivity contribution in [3.8, 4) is 5.75 Å². The molecule has 18 heavy (non-hydrogen) atoms. The van der Waals surface area contributed by atoms with E-state index >= 15 is 0 Å². The Morgan fingerprint density at radius 3 is 2.50 bits per heavy atom. The summed E-state index contributed by atoms with van der Waals surface area (Å²) in [5.74, 6) is 0.863. The monoisotopic (exact) mass is 250 g/mol. The Hall–Kier alpha value is -1.55. The number of carbonyl (C=O) groups is 1. The number of carbonyl (C=O) groups excluding carboxylic acids is 1. The van der Waals surface area contributed by atoms with Gasteiger partial charge in [-0.05, 0) is 44.0 Å².